The van der Waals surface area contributed by atoms with E-state index in [4.69, 9.17) is 10.00 Å². The van der Waals surface area contributed by atoms with E-state index in [-0.39, 0.29) is 0 Å². The van der Waals surface area contributed by atoms with Crippen molar-refractivity contribution in [3.05, 3.63) is 29.3 Å². The molecule has 19 heavy (non-hydrogen) atoms. The van der Waals surface area contributed by atoms with Crippen LogP contribution < -0.4 is 4.74 Å². The van der Waals surface area contributed by atoms with Crippen molar-refractivity contribution in [1.29, 1.82) is 5.26 Å². The van der Waals surface area contributed by atoms with Crippen LogP contribution in [0.3, 0.4) is 0 Å². The monoisotopic (exact) mass is 257 g/mol. The van der Waals surface area contributed by atoms with Crippen LogP contribution in [-0.2, 0) is 0 Å². The van der Waals surface area contributed by atoms with Crippen LogP contribution in [0, 0.1) is 29.6 Å². The maximum Gasteiger partial charge on any atom is 0.122 e. The Morgan fingerprint density at radius 1 is 1.32 bits per heavy atom. The van der Waals surface area contributed by atoms with Gasteiger partial charge in [-0.25, -0.2) is 0 Å². The fraction of sp³-hybridized carbons (Fsp3) is 0.588. The summed E-state index contributed by atoms with van der Waals surface area (Å²) in [5, 5.41) is 8.89. The third-order valence-electron chi connectivity index (χ3n) is 3.94. The van der Waals surface area contributed by atoms with Gasteiger partial charge in [-0.1, -0.05) is 20.8 Å². The summed E-state index contributed by atoms with van der Waals surface area (Å²) in [6, 6.07) is 7.82. The quantitative estimate of drug-likeness (QED) is 0.783. The molecule has 0 amide bonds. The lowest BCUT2D eigenvalue weighted by atomic mass is 9.71. The van der Waals surface area contributed by atoms with Crippen LogP contribution in [0.2, 0.25) is 0 Å². The predicted octanol–water partition coefficient (Wildman–Crippen LogP) is 4.46. The summed E-state index contributed by atoms with van der Waals surface area (Å²) in [4.78, 5) is 0. The Kier molecular flexibility index (Phi) is 3.85. The molecule has 0 spiro atoms. The molecule has 1 aromatic carbocycles. The molecule has 1 fully saturated rings. The van der Waals surface area contributed by atoms with Crippen LogP contribution in [-0.4, -0.2) is 6.10 Å². The molecule has 1 aliphatic carbocycles. The molecule has 2 atom stereocenters. The van der Waals surface area contributed by atoms with Crippen LogP contribution in [0.1, 0.15) is 51.2 Å². The van der Waals surface area contributed by atoms with Crippen LogP contribution in [0.25, 0.3) is 0 Å². The van der Waals surface area contributed by atoms with Gasteiger partial charge in [0.1, 0.15) is 5.75 Å². The molecule has 102 valence electrons. The maximum absolute atomic E-state index is 8.89. The largest absolute Gasteiger partial charge is 0.490 e. The lowest BCUT2D eigenvalue weighted by Gasteiger charge is -2.39. The number of benzene rings is 1. The number of hydrogen-bond acceptors (Lipinski definition) is 2. The van der Waals surface area contributed by atoms with Crippen LogP contribution in [0.15, 0.2) is 18.2 Å². The molecule has 0 radical (unpaired) electrons. The number of rotatable bonds is 2. The zero-order chi connectivity index (χ0) is 14.0. The second kappa shape index (κ2) is 5.25. The van der Waals surface area contributed by atoms with Crippen molar-refractivity contribution >= 4 is 0 Å². The summed E-state index contributed by atoms with van der Waals surface area (Å²) in [6.45, 7) is 8.96. The molecule has 0 heterocycles. The Balaban J connectivity index is 2.11. The van der Waals surface area contributed by atoms with Gasteiger partial charge in [-0.05, 0) is 61.3 Å². The highest BCUT2D eigenvalue weighted by Crippen LogP contribution is 2.40. The number of nitriles is 1. The van der Waals surface area contributed by atoms with Crippen LogP contribution in [0.5, 0.6) is 5.75 Å². The van der Waals surface area contributed by atoms with E-state index in [1.165, 1.54) is 6.42 Å². The molecule has 1 saturated carbocycles. The molecule has 2 heteroatoms. The van der Waals surface area contributed by atoms with Crippen molar-refractivity contribution < 1.29 is 4.74 Å². The van der Waals surface area contributed by atoms with E-state index in [9.17, 15) is 0 Å². The Morgan fingerprint density at radius 2 is 2.05 bits per heavy atom. The van der Waals surface area contributed by atoms with Gasteiger partial charge in [0.2, 0.25) is 0 Å². The van der Waals surface area contributed by atoms with Crippen molar-refractivity contribution in [2.75, 3.05) is 0 Å². The fourth-order valence-corrected chi connectivity index (χ4v) is 3.38. The molecule has 0 N–H and O–H groups in total. The van der Waals surface area contributed by atoms with Gasteiger partial charge in [-0.2, -0.15) is 5.26 Å². The van der Waals surface area contributed by atoms with E-state index in [1.807, 2.05) is 25.1 Å². The van der Waals surface area contributed by atoms with Gasteiger partial charge in [-0.15, -0.1) is 0 Å². The number of aryl methyl sites for hydroxylation is 1. The van der Waals surface area contributed by atoms with Crippen molar-refractivity contribution in [3.8, 4) is 11.8 Å². The van der Waals surface area contributed by atoms with E-state index < -0.39 is 0 Å². The molecule has 1 aromatic rings. The number of hydrogen-bond donors (Lipinski definition) is 0. The Labute approximate surface area is 116 Å². The first kappa shape index (κ1) is 13.9. The highest BCUT2D eigenvalue weighted by atomic mass is 16.5. The summed E-state index contributed by atoms with van der Waals surface area (Å²) < 4.78 is 6.18. The highest BCUT2D eigenvalue weighted by Gasteiger charge is 2.33. The van der Waals surface area contributed by atoms with E-state index in [0.717, 1.165) is 24.2 Å². The van der Waals surface area contributed by atoms with Gasteiger partial charge in [0.05, 0.1) is 17.7 Å². The molecule has 0 aromatic heterocycles. The van der Waals surface area contributed by atoms with Gasteiger partial charge < -0.3 is 4.74 Å². The van der Waals surface area contributed by atoms with E-state index in [2.05, 4.69) is 26.8 Å². The fourth-order valence-electron chi connectivity index (χ4n) is 3.38. The average molecular weight is 257 g/mol. The summed E-state index contributed by atoms with van der Waals surface area (Å²) in [6.07, 6.45) is 3.81. The first-order chi connectivity index (χ1) is 8.89. The second-order valence-electron chi connectivity index (χ2n) is 6.75. The van der Waals surface area contributed by atoms with Gasteiger partial charge in [0.15, 0.2) is 0 Å². The number of nitrogens with zero attached hydrogens (tertiary/aromatic N) is 1. The smallest absolute Gasteiger partial charge is 0.122 e. The zero-order valence-electron chi connectivity index (χ0n) is 12.4. The van der Waals surface area contributed by atoms with Crippen molar-refractivity contribution in [2.24, 2.45) is 11.3 Å². The Hall–Kier alpha value is -1.49. The summed E-state index contributed by atoms with van der Waals surface area (Å²) >= 11 is 0. The van der Waals surface area contributed by atoms with Gasteiger partial charge in [0.25, 0.3) is 0 Å². The van der Waals surface area contributed by atoms with Gasteiger partial charge in [-0.3, -0.25) is 0 Å². The molecule has 2 unspecified atom stereocenters. The van der Waals surface area contributed by atoms with E-state index in [1.54, 1.807) is 0 Å². The summed E-state index contributed by atoms with van der Waals surface area (Å²) in [5.74, 6) is 1.64. The second-order valence-corrected chi connectivity index (χ2v) is 6.75. The molecule has 0 bridgehead atoms. The molecular formula is C17H23NO. The predicted molar refractivity (Wildman–Crippen MR) is 77.1 cm³/mol. The normalized spacial score (nSPS) is 25.6. The van der Waals surface area contributed by atoms with Crippen molar-refractivity contribution in [3.63, 3.8) is 0 Å². The topological polar surface area (TPSA) is 33.0 Å². The van der Waals surface area contributed by atoms with Crippen LogP contribution in [0.4, 0.5) is 0 Å². The van der Waals surface area contributed by atoms with E-state index in [0.29, 0.717) is 23.0 Å². The number of ether oxygens (including phenoxy) is 1. The Morgan fingerprint density at radius 3 is 2.63 bits per heavy atom. The Bertz CT molecular complexity index is 498. The van der Waals surface area contributed by atoms with Crippen molar-refractivity contribution in [2.45, 2.75) is 53.1 Å². The standard InChI is InChI=1S/C17H23NO/c1-12-7-15(10-17(3,4)9-12)19-16-6-5-14(11-18)8-13(16)2/h5-6,8,12,15H,7,9-10H2,1-4H3. The lowest BCUT2D eigenvalue weighted by molar-refractivity contribution is 0.0558. The third kappa shape index (κ3) is 3.50. The minimum Gasteiger partial charge on any atom is -0.490 e. The summed E-state index contributed by atoms with van der Waals surface area (Å²) in [7, 11) is 0. The molecule has 2 rings (SSSR count). The molecular weight excluding hydrogens is 234 g/mol. The first-order valence-corrected chi connectivity index (χ1v) is 7.07. The summed E-state index contributed by atoms with van der Waals surface area (Å²) in [5.41, 5.74) is 2.11. The van der Waals surface area contributed by atoms with Crippen LogP contribution >= 0.6 is 0 Å². The van der Waals surface area contributed by atoms with Gasteiger partial charge in [0, 0.05) is 0 Å². The maximum atomic E-state index is 8.89. The van der Waals surface area contributed by atoms with Gasteiger partial charge >= 0.3 is 0 Å². The zero-order valence-corrected chi connectivity index (χ0v) is 12.4. The molecule has 0 aliphatic heterocycles. The first-order valence-electron chi connectivity index (χ1n) is 7.07. The molecule has 0 saturated heterocycles. The molecule has 2 nitrogen and oxygen atoms in total. The average Bonchev–Trinajstić information content (AvgIpc) is 2.29. The highest BCUT2D eigenvalue weighted by molar-refractivity contribution is 5.41. The minimum absolute atomic E-state index is 0.297. The van der Waals surface area contributed by atoms with Crippen molar-refractivity contribution in [1.82, 2.24) is 0 Å². The third-order valence-corrected chi connectivity index (χ3v) is 3.94. The SMILES string of the molecule is Cc1cc(C#N)ccc1OC1CC(C)CC(C)(C)C1. The molecule has 1 aliphatic rings. The van der Waals surface area contributed by atoms with E-state index >= 15 is 0 Å². The lowest BCUT2D eigenvalue weighted by Crippen LogP contribution is -2.34. The minimum atomic E-state index is 0.297.